The van der Waals surface area contributed by atoms with Crippen LogP contribution in [0.3, 0.4) is 0 Å². The summed E-state index contributed by atoms with van der Waals surface area (Å²) in [4.78, 5) is 14.2. The van der Waals surface area contributed by atoms with Gasteiger partial charge in [0.05, 0.1) is 5.69 Å². The molecule has 1 aliphatic heterocycles. The molecule has 1 aliphatic rings. The predicted molar refractivity (Wildman–Crippen MR) is 84.0 cm³/mol. The van der Waals surface area contributed by atoms with Crippen molar-refractivity contribution in [2.24, 2.45) is 0 Å². The van der Waals surface area contributed by atoms with Crippen LogP contribution in [0.5, 0.6) is 0 Å². The minimum Gasteiger partial charge on any atom is -0.311 e. The van der Waals surface area contributed by atoms with Gasteiger partial charge in [0.15, 0.2) is 5.82 Å². The first-order chi connectivity index (χ1) is 10.3. The van der Waals surface area contributed by atoms with E-state index in [1.165, 1.54) is 16.8 Å². The number of nitrogens with one attached hydrogen (secondary N) is 1. The zero-order valence-electron chi connectivity index (χ0n) is 12.8. The van der Waals surface area contributed by atoms with Crippen molar-refractivity contribution in [2.75, 3.05) is 6.54 Å². The van der Waals surface area contributed by atoms with Gasteiger partial charge in [-0.15, -0.1) is 0 Å². The number of nitrogens with zero attached hydrogens (tertiary/aromatic N) is 3. The first-order valence-corrected chi connectivity index (χ1v) is 7.87. The van der Waals surface area contributed by atoms with E-state index in [1.54, 1.807) is 0 Å². The smallest absolute Gasteiger partial charge is 0.178 e. The maximum atomic E-state index is 4.85. The van der Waals surface area contributed by atoms with Crippen molar-refractivity contribution in [3.8, 4) is 11.5 Å². The fraction of sp³-hybridized carbons (Fsp3) is 0.471. The molecule has 4 heteroatoms. The number of aryl methyl sites for hydroxylation is 2. The molecular formula is C17H22N4. The summed E-state index contributed by atoms with van der Waals surface area (Å²) >= 11 is 0. The van der Waals surface area contributed by atoms with E-state index in [1.807, 2.05) is 12.3 Å². The fourth-order valence-corrected chi connectivity index (χ4v) is 2.91. The normalized spacial score (nSPS) is 14.0. The standard InChI is InChI=1S/C17H22N4/c1-3-6-14-13-8-10-18-11-15(13)21-17(20-14)16-12(4-2)7-5-9-19-16/h5,7,9,18H,3-4,6,8,10-11H2,1-2H3. The largest absolute Gasteiger partial charge is 0.311 e. The van der Waals surface area contributed by atoms with Crippen molar-refractivity contribution in [1.82, 2.24) is 20.3 Å². The van der Waals surface area contributed by atoms with Crippen molar-refractivity contribution in [1.29, 1.82) is 0 Å². The van der Waals surface area contributed by atoms with Crippen LogP contribution in [0.2, 0.25) is 0 Å². The van der Waals surface area contributed by atoms with Gasteiger partial charge in [-0.3, -0.25) is 4.98 Å². The Morgan fingerprint density at radius 2 is 2.14 bits per heavy atom. The number of rotatable bonds is 4. The predicted octanol–water partition coefficient (Wildman–Crippen LogP) is 2.70. The molecule has 0 saturated heterocycles. The number of hydrogen-bond donors (Lipinski definition) is 1. The number of hydrogen-bond acceptors (Lipinski definition) is 4. The Kier molecular flexibility index (Phi) is 4.25. The van der Waals surface area contributed by atoms with Gasteiger partial charge in [-0.1, -0.05) is 26.3 Å². The van der Waals surface area contributed by atoms with Crippen LogP contribution in [0.4, 0.5) is 0 Å². The lowest BCUT2D eigenvalue weighted by atomic mass is 10.0. The minimum atomic E-state index is 0.790. The van der Waals surface area contributed by atoms with Crippen LogP contribution in [0.15, 0.2) is 18.3 Å². The van der Waals surface area contributed by atoms with Gasteiger partial charge in [0.25, 0.3) is 0 Å². The van der Waals surface area contributed by atoms with E-state index in [9.17, 15) is 0 Å². The van der Waals surface area contributed by atoms with E-state index in [4.69, 9.17) is 9.97 Å². The summed E-state index contributed by atoms with van der Waals surface area (Å²) in [5.41, 5.74) is 5.87. The lowest BCUT2D eigenvalue weighted by molar-refractivity contribution is 0.614. The second-order valence-electron chi connectivity index (χ2n) is 5.46. The van der Waals surface area contributed by atoms with E-state index in [-0.39, 0.29) is 0 Å². The van der Waals surface area contributed by atoms with Gasteiger partial charge >= 0.3 is 0 Å². The van der Waals surface area contributed by atoms with Gasteiger partial charge in [-0.2, -0.15) is 0 Å². The van der Waals surface area contributed by atoms with E-state index in [2.05, 4.69) is 30.2 Å². The molecule has 0 amide bonds. The van der Waals surface area contributed by atoms with Crippen LogP contribution >= 0.6 is 0 Å². The molecule has 4 nitrogen and oxygen atoms in total. The highest BCUT2D eigenvalue weighted by Crippen LogP contribution is 2.23. The molecule has 0 aromatic carbocycles. The Bertz CT molecular complexity index is 637. The molecule has 0 radical (unpaired) electrons. The molecule has 21 heavy (non-hydrogen) atoms. The highest BCUT2D eigenvalue weighted by Gasteiger charge is 2.19. The molecule has 0 bridgehead atoms. The SMILES string of the molecule is CCCc1nc(-c2ncccc2CC)nc2c1CCNC2. The molecule has 0 fully saturated rings. The first-order valence-electron chi connectivity index (χ1n) is 7.87. The van der Waals surface area contributed by atoms with Crippen LogP contribution in [-0.2, 0) is 25.8 Å². The lowest BCUT2D eigenvalue weighted by Crippen LogP contribution is -2.27. The Labute approximate surface area is 126 Å². The van der Waals surface area contributed by atoms with Crippen molar-refractivity contribution in [2.45, 2.75) is 46.1 Å². The van der Waals surface area contributed by atoms with Gasteiger partial charge < -0.3 is 5.32 Å². The Hall–Kier alpha value is -1.81. The quantitative estimate of drug-likeness (QED) is 0.936. The molecule has 2 aromatic rings. The highest BCUT2D eigenvalue weighted by molar-refractivity contribution is 5.55. The van der Waals surface area contributed by atoms with Crippen LogP contribution in [0, 0.1) is 0 Å². The Balaban J connectivity index is 2.12. The monoisotopic (exact) mass is 282 g/mol. The zero-order valence-corrected chi connectivity index (χ0v) is 12.8. The lowest BCUT2D eigenvalue weighted by Gasteiger charge is -2.20. The summed E-state index contributed by atoms with van der Waals surface area (Å²) in [7, 11) is 0. The third kappa shape index (κ3) is 2.81. The van der Waals surface area contributed by atoms with Gasteiger partial charge in [0.2, 0.25) is 0 Å². The highest BCUT2D eigenvalue weighted by atomic mass is 15.0. The molecule has 0 atom stereocenters. The maximum absolute atomic E-state index is 4.85. The molecule has 0 unspecified atom stereocenters. The zero-order chi connectivity index (χ0) is 14.7. The van der Waals surface area contributed by atoms with E-state index in [0.717, 1.165) is 56.0 Å². The van der Waals surface area contributed by atoms with Gasteiger partial charge in [-0.25, -0.2) is 9.97 Å². The topological polar surface area (TPSA) is 50.7 Å². The summed E-state index contributed by atoms with van der Waals surface area (Å²) in [5.74, 6) is 0.790. The summed E-state index contributed by atoms with van der Waals surface area (Å²) in [5, 5.41) is 3.41. The van der Waals surface area contributed by atoms with Crippen molar-refractivity contribution >= 4 is 0 Å². The second-order valence-corrected chi connectivity index (χ2v) is 5.46. The molecule has 110 valence electrons. The van der Waals surface area contributed by atoms with Crippen LogP contribution in [0.25, 0.3) is 11.5 Å². The molecular weight excluding hydrogens is 260 g/mol. The fourth-order valence-electron chi connectivity index (χ4n) is 2.91. The van der Waals surface area contributed by atoms with Gasteiger partial charge in [-0.05, 0) is 43.0 Å². The molecule has 0 spiro atoms. The van der Waals surface area contributed by atoms with Gasteiger partial charge in [0.1, 0.15) is 5.69 Å². The van der Waals surface area contributed by atoms with E-state index < -0.39 is 0 Å². The average molecular weight is 282 g/mol. The summed E-state index contributed by atoms with van der Waals surface area (Å²) in [6, 6.07) is 4.10. The first kappa shape index (κ1) is 14.1. The minimum absolute atomic E-state index is 0.790. The van der Waals surface area contributed by atoms with Crippen LogP contribution < -0.4 is 5.32 Å². The molecule has 3 heterocycles. The average Bonchev–Trinajstić information content (AvgIpc) is 2.55. The third-order valence-corrected chi connectivity index (χ3v) is 3.99. The summed E-state index contributed by atoms with van der Waals surface area (Å²) < 4.78 is 0. The second kappa shape index (κ2) is 6.31. The van der Waals surface area contributed by atoms with E-state index in [0.29, 0.717) is 0 Å². The van der Waals surface area contributed by atoms with Crippen LogP contribution in [-0.4, -0.2) is 21.5 Å². The van der Waals surface area contributed by atoms with Gasteiger partial charge in [0, 0.05) is 18.4 Å². The molecule has 0 aliphatic carbocycles. The van der Waals surface area contributed by atoms with Crippen molar-refractivity contribution in [3.05, 3.63) is 40.8 Å². The third-order valence-electron chi connectivity index (χ3n) is 3.99. The van der Waals surface area contributed by atoms with E-state index >= 15 is 0 Å². The molecule has 0 saturated carbocycles. The molecule has 1 N–H and O–H groups in total. The maximum Gasteiger partial charge on any atom is 0.178 e. The number of fused-ring (bicyclic) bond motifs is 1. The Morgan fingerprint density at radius 3 is 2.95 bits per heavy atom. The molecule has 3 rings (SSSR count). The summed E-state index contributed by atoms with van der Waals surface area (Å²) in [6.45, 7) is 6.22. The summed E-state index contributed by atoms with van der Waals surface area (Å²) in [6.07, 6.45) is 5.94. The van der Waals surface area contributed by atoms with Crippen molar-refractivity contribution < 1.29 is 0 Å². The number of aromatic nitrogens is 3. The van der Waals surface area contributed by atoms with Crippen LogP contribution in [0.1, 0.15) is 42.8 Å². The van der Waals surface area contributed by atoms with Crippen molar-refractivity contribution in [3.63, 3.8) is 0 Å². The number of pyridine rings is 1. The Morgan fingerprint density at radius 1 is 1.24 bits per heavy atom. The molecule has 2 aromatic heterocycles.